The van der Waals surface area contributed by atoms with Crippen molar-refractivity contribution in [3.8, 4) is 0 Å². The van der Waals surface area contributed by atoms with E-state index in [1.807, 2.05) is 6.08 Å². The molecular formula is C19H19FN2O3S. The Morgan fingerprint density at radius 3 is 2.73 bits per heavy atom. The van der Waals surface area contributed by atoms with Gasteiger partial charge < -0.3 is 5.32 Å². The second-order valence-electron chi connectivity index (χ2n) is 6.16. The quantitative estimate of drug-likeness (QED) is 0.634. The first-order valence-corrected chi connectivity index (χ1v) is 9.30. The van der Waals surface area contributed by atoms with Crippen LogP contribution in [-0.2, 0) is 9.59 Å². The highest BCUT2D eigenvalue weighted by Gasteiger charge is 2.34. The molecule has 7 heteroatoms. The summed E-state index contributed by atoms with van der Waals surface area (Å²) >= 11 is 0.851. The Labute approximate surface area is 155 Å². The van der Waals surface area contributed by atoms with Gasteiger partial charge in [0.05, 0.1) is 4.91 Å². The molecular weight excluding hydrogens is 355 g/mol. The average molecular weight is 374 g/mol. The van der Waals surface area contributed by atoms with Crippen molar-refractivity contribution in [2.24, 2.45) is 5.92 Å². The lowest BCUT2D eigenvalue weighted by Crippen LogP contribution is -2.39. The van der Waals surface area contributed by atoms with Crippen LogP contribution < -0.4 is 5.32 Å². The monoisotopic (exact) mass is 374 g/mol. The lowest BCUT2D eigenvalue weighted by atomic mass is 9.94. The van der Waals surface area contributed by atoms with E-state index in [9.17, 15) is 18.8 Å². The SMILES string of the molecule is O=C(NCCN1C(=O)S/C(=C\c2ccc(F)cc2)C1=O)[C@H]1CC=CCC1. The zero-order chi connectivity index (χ0) is 18.5. The predicted octanol–water partition coefficient (Wildman–Crippen LogP) is 3.33. The molecule has 2 aliphatic rings. The fraction of sp³-hybridized carbons (Fsp3) is 0.316. The number of rotatable bonds is 5. The number of nitrogens with zero attached hydrogens (tertiary/aromatic N) is 1. The third-order valence-corrected chi connectivity index (χ3v) is 5.22. The molecule has 0 unspecified atom stereocenters. The van der Waals surface area contributed by atoms with Crippen LogP contribution in [0.3, 0.4) is 0 Å². The van der Waals surface area contributed by atoms with Gasteiger partial charge in [-0.15, -0.1) is 0 Å². The van der Waals surface area contributed by atoms with Crippen LogP contribution in [0, 0.1) is 11.7 Å². The van der Waals surface area contributed by atoms with Gasteiger partial charge in [0, 0.05) is 19.0 Å². The van der Waals surface area contributed by atoms with Crippen molar-refractivity contribution in [1.29, 1.82) is 0 Å². The van der Waals surface area contributed by atoms with Crippen molar-refractivity contribution in [2.45, 2.75) is 19.3 Å². The van der Waals surface area contributed by atoms with Crippen LogP contribution in [-0.4, -0.2) is 35.0 Å². The number of thioether (sulfide) groups is 1. The summed E-state index contributed by atoms with van der Waals surface area (Å²) < 4.78 is 12.9. The van der Waals surface area contributed by atoms with Crippen LogP contribution in [0.4, 0.5) is 9.18 Å². The fourth-order valence-electron chi connectivity index (χ4n) is 2.87. The molecule has 1 aliphatic heterocycles. The van der Waals surface area contributed by atoms with Crippen LogP contribution in [0.2, 0.25) is 0 Å². The highest BCUT2D eigenvalue weighted by Crippen LogP contribution is 2.31. The fourth-order valence-corrected chi connectivity index (χ4v) is 3.74. The third kappa shape index (κ3) is 4.40. The first-order chi connectivity index (χ1) is 12.5. The number of halogens is 1. The maximum Gasteiger partial charge on any atom is 0.293 e. The van der Waals surface area contributed by atoms with E-state index < -0.39 is 0 Å². The molecule has 1 heterocycles. The largest absolute Gasteiger partial charge is 0.354 e. The first kappa shape index (κ1) is 18.4. The van der Waals surface area contributed by atoms with Gasteiger partial charge in [0.25, 0.3) is 11.1 Å². The third-order valence-electron chi connectivity index (χ3n) is 4.32. The summed E-state index contributed by atoms with van der Waals surface area (Å²) in [7, 11) is 0. The zero-order valence-corrected chi connectivity index (χ0v) is 14.9. The molecule has 1 aromatic rings. The number of amides is 3. The Bertz CT molecular complexity index is 773. The number of benzene rings is 1. The number of carbonyl (C=O) groups excluding carboxylic acids is 3. The minimum absolute atomic E-state index is 0.0340. The lowest BCUT2D eigenvalue weighted by molar-refractivity contribution is -0.126. The summed E-state index contributed by atoms with van der Waals surface area (Å²) in [6, 6.07) is 5.68. The maximum atomic E-state index is 12.9. The predicted molar refractivity (Wildman–Crippen MR) is 98.6 cm³/mol. The van der Waals surface area contributed by atoms with Crippen molar-refractivity contribution in [3.05, 3.63) is 52.7 Å². The Morgan fingerprint density at radius 2 is 2.04 bits per heavy atom. The van der Waals surface area contributed by atoms with Gasteiger partial charge in [-0.05, 0) is 54.8 Å². The van der Waals surface area contributed by atoms with E-state index in [4.69, 9.17) is 0 Å². The summed E-state index contributed by atoms with van der Waals surface area (Å²) in [5, 5.41) is 2.44. The second-order valence-corrected chi connectivity index (χ2v) is 7.15. The van der Waals surface area contributed by atoms with Crippen molar-refractivity contribution in [1.82, 2.24) is 10.2 Å². The molecule has 0 aromatic heterocycles. The number of hydrogen-bond acceptors (Lipinski definition) is 4. The standard InChI is InChI=1S/C19H19FN2O3S/c20-15-8-6-13(7-9-15)12-16-18(24)22(19(25)26-16)11-10-21-17(23)14-4-2-1-3-5-14/h1-2,6-9,12,14H,3-5,10-11H2,(H,21,23)/b16-12-/t14-/m0/s1. The van der Waals surface area contributed by atoms with E-state index in [0.29, 0.717) is 10.5 Å². The number of hydrogen-bond donors (Lipinski definition) is 1. The molecule has 0 bridgehead atoms. The molecule has 1 saturated heterocycles. The van der Waals surface area contributed by atoms with Crippen LogP contribution in [0.5, 0.6) is 0 Å². The van der Waals surface area contributed by atoms with Crippen LogP contribution in [0.15, 0.2) is 41.3 Å². The number of carbonyl (C=O) groups is 3. The van der Waals surface area contributed by atoms with Gasteiger partial charge in [0.15, 0.2) is 0 Å². The lowest BCUT2D eigenvalue weighted by Gasteiger charge is -2.18. The Morgan fingerprint density at radius 1 is 1.27 bits per heavy atom. The van der Waals surface area contributed by atoms with Gasteiger partial charge in [-0.3, -0.25) is 19.3 Å². The molecule has 5 nitrogen and oxygen atoms in total. The molecule has 0 spiro atoms. The molecule has 0 radical (unpaired) electrons. The summed E-state index contributed by atoms with van der Waals surface area (Å²) in [6.45, 7) is 0.376. The molecule has 1 aliphatic carbocycles. The van der Waals surface area contributed by atoms with Crippen molar-refractivity contribution in [2.75, 3.05) is 13.1 Å². The second kappa shape index (κ2) is 8.31. The molecule has 1 aromatic carbocycles. The van der Waals surface area contributed by atoms with E-state index >= 15 is 0 Å². The van der Waals surface area contributed by atoms with Gasteiger partial charge in [0.1, 0.15) is 5.82 Å². The van der Waals surface area contributed by atoms with Gasteiger partial charge >= 0.3 is 0 Å². The summed E-state index contributed by atoms with van der Waals surface area (Å²) in [5.74, 6) is -0.824. The van der Waals surface area contributed by atoms with Gasteiger partial charge in [-0.2, -0.15) is 0 Å². The smallest absolute Gasteiger partial charge is 0.293 e. The molecule has 136 valence electrons. The van der Waals surface area contributed by atoms with Crippen molar-refractivity contribution >= 4 is 34.9 Å². The molecule has 1 N–H and O–H groups in total. The van der Waals surface area contributed by atoms with Crippen molar-refractivity contribution < 1.29 is 18.8 Å². The maximum absolute atomic E-state index is 12.9. The Hall–Kier alpha value is -2.41. The van der Waals surface area contributed by atoms with E-state index in [2.05, 4.69) is 11.4 Å². The Balaban J connectivity index is 1.54. The molecule has 26 heavy (non-hydrogen) atoms. The summed E-state index contributed by atoms with van der Waals surface area (Å²) in [4.78, 5) is 38.0. The van der Waals surface area contributed by atoms with Gasteiger partial charge in [0.2, 0.25) is 5.91 Å². The summed E-state index contributed by atoms with van der Waals surface area (Å²) in [6.07, 6.45) is 8.09. The van der Waals surface area contributed by atoms with Gasteiger partial charge in [-0.25, -0.2) is 4.39 Å². The van der Waals surface area contributed by atoms with Crippen molar-refractivity contribution in [3.63, 3.8) is 0 Å². The average Bonchev–Trinajstić information content (AvgIpc) is 2.91. The van der Waals surface area contributed by atoms with E-state index in [0.717, 1.165) is 35.9 Å². The molecule has 1 fully saturated rings. The van der Waals surface area contributed by atoms with Crippen LogP contribution in [0.1, 0.15) is 24.8 Å². The molecule has 1 atom stereocenters. The normalized spacial score (nSPS) is 21.5. The van der Waals surface area contributed by atoms with E-state index in [1.54, 1.807) is 18.2 Å². The minimum atomic E-state index is -0.390. The Kier molecular flexibility index (Phi) is 5.88. The number of nitrogens with one attached hydrogen (secondary N) is 1. The number of imide groups is 1. The van der Waals surface area contributed by atoms with E-state index in [1.165, 1.54) is 12.1 Å². The van der Waals surface area contributed by atoms with Gasteiger partial charge in [-0.1, -0.05) is 24.3 Å². The zero-order valence-electron chi connectivity index (χ0n) is 14.1. The highest BCUT2D eigenvalue weighted by atomic mass is 32.2. The minimum Gasteiger partial charge on any atom is -0.354 e. The molecule has 3 amide bonds. The van der Waals surface area contributed by atoms with E-state index in [-0.39, 0.29) is 41.9 Å². The molecule has 0 saturated carbocycles. The highest BCUT2D eigenvalue weighted by molar-refractivity contribution is 8.18. The summed E-state index contributed by atoms with van der Waals surface area (Å²) in [5.41, 5.74) is 0.649. The number of allylic oxidation sites excluding steroid dienone is 2. The first-order valence-electron chi connectivity index (χ1n) is 8.48. The van der Waals surface area contributed by atoms with Crippen LogP contribution in [0.25, 0.3) is 6.08 Å². The topological polar surface area (TPSA) is 66.5 Å². The van der Waals surface area contributed by atoms with Crippen LogP contribution >= 0.6 is 11.8 Å². The molecule has 3 rings (SSSR count).